The molecule has 3 rings (SSSR count). The maximum absolute atomic E-state index is 12.2. The Bertz CT molecular complexity index is 660. The first-order valence-electron chi connectivity index (χ1n) is 10.00. The maximum Gasteiger partial charge on any atom is 0.251 e. The first-order chi connectivity index (χ1) is 12.8. The van der Waals surface area contributed by atoms with Crippen molar-refractivity contribution in [2.24, 2.45) is 0 Å². The van der Waals surface area contributed by atoms with Crippen LogP contribution in [0.15, 0.2) is 54.6 Å². The summed E-state index contributed by atoms with van der Waals surface area (Å²) in [5, 5.41) is 6.68. The lowest BCUT2D eigenvalue weighted by Crippen LogP contribution is -2.32. The Labute approximate surface area is 157 Å². The number of carbonyl (C=O) groups excluding carboxylic acids is 1. The van der Waals surface area contributed by atoms with Crippen LogP contribution in [0.2, 0.25) is 0 Å². The van der Waals surface area contributed by atoms with Gasteiger partial charge in [0.1, 0.15) is 0 Å². The maximum atomic E-state index is 12.2. The second kappa shape index (κ2) is 10.1. The average molecular weight is 351 g/mol. The largest absolute Gasteiger partial charge is 0.352 e. The van der Waals surface area contributed by atoms with Crippen molar-refractivity contribution in [3.8, 4) is 11.1 Å². The molecule has 1 saturated carbocycles. The Morgan fingerprint density at radius 2 is 1.46 bits per heavy atom. The van der Waals surface area contributed by atoms with Gasteiger partial charge in [-0.3, -0.25) is 4.79 Å². The van der Waals surface area contributed by atoms with Crippen LogP contribution in [-0.4, -0.2) is 25.0 Å². The second-order valence-corrected chi connectivity index (χ2v) is 7.20. The third kappa shape index (κ3) is 5.70. The van der Waals surface area contributed by atoms with Gasteiger partial charge < -0.3 is 10.6 Å². The fourth-order valence-electron chi connectivity index (χ4n) is 3.61. The molecular formula is C23H30N2O. The third-order valence-electron chi connectivity index (χ3n) is 5.18. The molecule has 1 fully saturated rings. The normalized spacial score (nSPS) is 14.9. The van der Waals surface area contributed by atoms with Gasteiger partial charge in [0.15, 0.2) is 0 Å². The van der Waals surface area contributed by atoms with Crippen molar-refractivity contribution < 1.29 is 4.79 Å². The van der Waals surface area contributed by atoms with Crippen LogP contribution in [0.1, 0.15) is 55.3 Å². The van der Waals surface area contributed by atoms with E-state index in [1.54, 1.807) is 0 Å². The van der Waals surface area contributed by atoms with Gasteiger partial charge in [0.25, 0.3) is 5.91 Å². The summed E-state index contributed by atoms with van der Waals surface area (Å²) >= 11 is 0. The number of amides is 1. The molecule has 0 bridgehead atoms. The molecule has 0 aliphatic heterocycles. The summed E-state index contributed by atoms with van der Waals surface area (Å²) in [6.07, 6.45) is 8.94. The van der Waals surface area contributed by atoms with Crippen LogP contribution in [0.25, 0.3) is 11.1 Å². The first-order valence-corrected chi connectivity index (χ1v) is 10.00. The zero-order chi connectivity index (χ0) is 18.0. The summed E-state index contributed by atoms with van der Waals surface area (Å²) in [7, 11) is 0. The molecule has 0 atom stereocenters. The van der Waals surface area contributed by atoms with E-state index < -0.39 is 0 Å². The van der Waals surface area contributed by atoms with Crippen LogP contribution in [0.3, 0.4) is 0 Å². The topological polar surface area (TPSA) is 41.1 Å². The molecule has 0 unspecified atom stereocenters. The highest BCUT2D eigenvalue weighted by Gasteiger charge is 2.11. The Morgan fingerprint density at radius 1 is 0.808 bits per heavy atom. The van der Waals surface area contributed by atoms with Gasteiger partial charge in [-0.2, -0.15) is 0 Å². The van der Waals surface area contributed by atoms with E-state index in [4.69, 9.17) is 0 Å². The zero-order valence-corrected chi connectivity index (χ0v) is 15.5. The lowest BCUT2D eigenvalue weighted by molar-refractivity contribution is 0.0953. The minimum Gasteiger partial charge on any atom is -0.352 e. The van der Waals surface area contributed by atoms with Crippen LogP contribution < -0.4 is 10.6 Å². The van der Waals surface area contributed by atoms with Gasteiger partial charge in [0, 0.05) is 18.2 Å². The lowest BCUT2D eigenvalue weighted by atomic mass is 9.95. The van der Waals surface area contributed by atoms with E-state index in [1.807, 2.05) is 42.5 Å². The molecule has 0 saturated heterocycles. The second-order valence-electron chi connectivity index (χ2n) is 7.20. The summed E-state index contributed by atoms with van der Waals surface area (Å²) < 4.78 is 0. The minimum atomic E-state index is 0.0184. The van der Waals surface area contributed by atoms with Crippen molar-refractivity contribution in [2.45, 2.75) is 51.0 Å². The Morgan fingerprint density at radius 3 is 2.19 bits per heavy atom. The monoisotopic (exact) mass is 350 g/mol. The van der Waals surface area contributed by atoms with E-state index in [-0.39, 0.29) is 5.91 Å². The highest BCUT2D eigenvalue weighted by molar-refractivity contribution is 5.94. The molecule has 1 aliphatic rings. The number of unbranched alkanes of at least 4 members (excludes halogenated alkanes) is 1. The molecule has 2 aromatic carbocycles. The predicted octanol–water partition coefficient (Wildman–Crippen LogP) is 4.79. The third-order valence-corrected chi connectivity index (χ3v) is 5.18. The van der Waals surface area contributed by atoms with Crippen molar-refractivity contribution in [2.75, 3.05) is 13.1 Å². The first kappa shape index (κ1) is 18.7. The molecule has 2 aromatic rings. The lowest BCUT2D eigenvalue weighted by Gasteiger charge is -2.22. The molecule has 138 valence electrons. The van der Waals surface area contributed by atoms with Crippen molar-refractivity contribution in [3.63, 3.8) is 0 Å². The molecule has 26 heavy (non-hydrogen) atoms. The molecule has 0 heterocycles. The molecule has 3 heteroatoms. The van der Waals surface area contributed by atoms with Crippen molar-refractivity contribution in [3.05, 3.63) is 60.2 Å². The highest BCUT2D eigenvalue weighted by atomic mass is 16.1. The molecule has 0 aromatic heterocycles. The van der Waals surface area contributed by atoms with Gasteiger partial charge in [-0.25, -0.2) is 0 Å². The number of hydrogen-bond donors (Lipinski definition) is 2. The molecule has 3 nitrogen and oxygen atoms in total. The van der Waals surface area contributed by atoms with E-state index in [0.717, 1.165) is 43.1 Å². The Kier molecular flexibility index (Phi) is 7.26. The van der Waals surface area contributed by atoms with Gasteiger partial charge >= 0.3 is 0 Å². The molecule has 1 aliphatic carbocycles. The van der Waals surface area contributed by atoms with Crippen molar-refractivity contribution >= 4 is 5.91 Å². The van der Waals surface area contributed by atoms with Crippen LogP contribution in [0.5, 0.6) is 0 Å². The van der Waals surface area contributed by atoms with Crippen LogP contribution in [0, 0.1) is 0 Å². The quantitative estimate of drug-likeness (QED) is 0.672. The predicted molar refractivity (Wildman–Crippen MR) is 108 cm³/mol. The summed E-state index contributed by atoms with van der Waals surface area (Å²) in [5.41, 5.74) is 3.03. The molecule has 1 amide bonds. The smallest absolute Gasteiger partial charge is 0.251 e. The average Bonchev–Trinajstić information content (AvgIpc) is 2.72. The Balaban J connectivity index is 1.34. The number of nitrogens with one attached hydrogen (secondary N) is 2. The number of hydrogen-bond acceptors (Lipinski definition) is 2. The van der Waals surface area contributed by atoms with E-state index in [2.05, 4.69) is 22.8 Å². The van der Waals surface area contributed by atoms with Crippen LogP contribution >= 0.6 is 0 Å². The molecule has 2 N–H and O–H groups in total. The number of benzene rings is 2. The van der Waals surface area contributed by atoms with Gasteiger partial charge in [-0.15, -0.1) is 0 Å². The fraction of sp³-hybridized carbons (Fsp3) is 0.435. The molecule has 0 spiro atoms. The number of carbonyl (C=O) groups is 1. The van der Waals surface area contributed by atoms with E-state index in [0.29, 0.717) is 0 Å². The van der Waals surface area contributed by atoms with Gasteiger partial charge in [-0.05, 0) is 55.5 Å². The summed E-state index contributed by atoms with van der Waals surface area (Å²) in [6, 6.07) is 18.8. The van der Waals surface area contributed by atoms with E-state index in [1.165, 1.54) is 37.7 Å². The van der Waals surface area contributed by atoms with E-state index in [9.17, 15) is 4.79 Å². The standard InChI is InChI=1S/C23H30N2O/c26-23(25-18-8-7-17-24-22-11-5-2-6-12-22)21-15-13-20(14-16-21)19-9-3-1-4-10-19/h1,3-4,9-10,13-16,22,24H,2,5-8,11-12,17-18H2,(H,25,26). The zero-order valence-electron chi connectivity index (χ0n) is 15.5. The van der Waals surface area contributed by atoms with Crippen LogP contribution in [0.4, 0.5) is 0 Å². The van der Waals surface area contributed by atoms with Crippen LogP contribution in [-0.2, 0) is 0 Å². The fourth-order valence-corrected chi connectivity index (χ4v) is 3.61. The van der Waals surface area contributed by atoms with Crippen molar-refractivity contribution in [1.82, 2.24) is 10.6 Å². The summed E-state index contributed by atoms with van der Waals surface area (Å²) in [4.78, 5) is 12.2. The summed E-state index contributed by atoms with van der Waals surface area (Å²) in [6.45, 7) is 1.80. The van der Waals surface area contributed by atoms with Crippen molar-refractivity contribution in [1.29, 1.82) is 0 Å². The minimum absolute atomic E-state index is 0.0184. The Hall–Kier alpha value is -2.13. The highest BCUT2D eigenvalue weighted by Crippen LogP contribution is 2.19. The number of rotatable bonds is 8. The van der Waals surface area contributed by atoms with Gasteiger partial charge in [-0.1, -0.05) is 61.7 Å². The molecule has 0 radical (unpaired) electrons. The SMILES string of the molecule is O=C(NCCCCNC1CCCCC1)c1ccc(-c2ccccc2)cc1. The van der Waals surface area contributed by atoms with Gasteiger partial charge in [0.05, 0.1) is 0 Å². The summed E-state index contributed by atoms with van der Waals surface area (Å²) in [5.74, 6) is 0.0184. The van der Waals surface area contributed by atoms with E-state index >= 15 is 0 Å². The molecular weight excluding hydrogens is 320 g/mol. The van der Waals surface area contributed by atoms with Gasteiger partial charge in [0.2, 0.25) is 0 Å².